The summed E-state index contributed by atoms with van der Waals surface area (Å²) in [4.78, 5) is 19.1. The monoisotopic (exact) mass is 359 g/mol. The minimum absolute atomic E-state index is 0.0465. The van der Waals surface area contributed by atoms with Crippen LogP contribution in [0.1, 0.15) is 49.6 Å². The van der Waals surface area contributed by atoms with Crippen molar-refractivity contribution in [2.75, 3.05) is 13.1 Å². The molecule has 1 aromatic carbocycles. The Labute approximate surface area is 153 Å². The SMILES string of the molecule is CCCc1nc(C(=O)N2CCC[C@H]([C@H](C)N)C2)nn1-c1ccccc1F. The lowest BCUT2D eigenvalue weighted by atomic mass is 9.92. The number of piperidine rings is 1. The molecule has 0 unspecified atom stereocenters. The third kappa shape index (κ3) is 3.77. The maximum absolute atomic E-state index is 14.2. The summed E-state index contributed by atoms with van der Waals surface area (Å²) >= 11 is 0. The van der Waals surface area contributed by atoms with Gasteiger partial charge in [-0.05, 0) is 44.2 Å². The number of rotatable bonds is 5. The van der Waals surface area contributed by atoms with Crippen LogP contribution in [-0.2, 0) is 6.42 Å². The molecule has 26 heavy (non-hydrogen) atoms. The van der Waals surface area contributed by atoms with Crippen molar-refractivity contribution in [3.63, 3.8) is 0 Å². The molecule has 6 nitrogen and oxygen atoms in total. The molecule has 1 saturated heterocycles. The van der Waals surface area contributed by atoms with Gasteiger partial charge in [0.05, 0.1) is 0 Å². The number of halogens is 1. The van der Waals surface area contributed by atoms with E-state index in [1.807, 2.05) is 13.8 Å². The Morgan fingerprint density at radius 3 is 2.88 bits per heavy atom. The summed E-state index contributed by atoms with van der Waals surface area (Å²) in [5.74, 6) is 0.423. The summed E-state index contributed by atoms with van der Waals surface area (Å²) in [6.45, 7) is 5.29. The number of amides is 1. The topological polar surface area (TPSA) is 77.0 Å². The van der Waals surface area contributed by atoms with Gasteiger partial charge in [-0.1, -0.05) is 19.1 Å². The first-order chi connectivity index (χ1) is 12.5. The maximum atomic E-state index is 14.2. The van der Waals surface area contributed by atoms with E-state index in [0.29, 0.717) is 31.0 Å². The van der Waals surface area contributed by atoms with E-state index in [4.69, 9.17) is 5.73 Å². The molecular formula is C19H26FN5O. The minimum atomic E-state index is -0.385. The van der Waals surface area contributed by atoms with Crippen LogP contribution in [0.2, 0.25) is 0 Å². The molecule has 0 aliphatic carbocycles. The van der Waals surface area contributed by atoms with Crippen molar-refractivity contribution in [1.29, 1.82) is 0 Å². The van der Waals surface area contributed by atoms with Crippen molar-refractivity contribution in [3.05, 3.63) is 41.7 Å². The normalized spacial score (nSPS) is 18.8. The number of hydrogen-bond donors (Lipinski definition) is 1. The van der Waals surface area contributed by atoms with Crippen LogP contribution in [0, 0.1) is 11.7 Å². The van der Waals surface area contributed by atoms with Gasteiger partial charge in [0.1, 0.15) is 17.3 Å². The van der Waals surface area contributed by atoms with E-state index in [9.17, 15) is 9.18 Å². The van der Waals surface area contributed by atoms with Crippen LogP contribution in [0.5, 0.6) is 0 Å². The fourth-order valence-electron chi connectivity index (χ4n) is 3.40. The van der Waals surface area contributed by atoms with E-state index in [2.05, 4.69) is 10.1 Å². The Bertz CT molecular complexity index is 773. The zero-order chi connectivity index (χ0) is 18.7. The summed E-state index contributed by atoms with van der Waals surface area (Å²) in [5.41, 5.74) is 6.33. The smallest absolute Gasteiger partial charge is 0.293 e. The van der Waals surface area contributed by atoms with Gasteiger partial charge in [-0.3, -0.25) is 4.79 Å². The van der Waals surface area contributed by atoms with Gasteiger partial charge in [0.25, 0.3) is 5.91 Å². The van der Waals surface area contributed by atoms with Crippen molar-refractivity contribution in [1.82, 2.24) is 19.7 Å². The molecule has 1 fully saturated rings. The van der Waals surface area contributed by atoms with Crippen LogP contribution in [0.4, 0.5) is 4.39 Å². The van der Waals surface area contributed by atoms with Crippen molar-refractivity contribution in [2.45, 2.75) is 45.6 Å². The molecule has 0 spiro atoms. The van der Waals surface area contributed by atoms with Gasteiger partial charge >= 0.3 is 0 Å². The Morgan fingerprint density at radius 1 is 1.42 bits per heavy atom. The molecule has 0 bridgehead atoms. The van der Waals surface area contributed by atoms with Gasteiger partial charge in [-0.2, -0.15) is 0 Å². The van der Waals surface area contributed by atoms with Gasteiger partial charge in [0.15, 0.2) is 0 Å². The van der Waals surface area contributed by atoms with E-state index >= 15 is 0 Å². The van der Waals surface area contributed by atoms with Crippen LogP contribution >= 0.6 is 0 Å². The lowest BCUT2D eigenvalue weighted by Crippen LogP contribution is -2.45. The highest BCUT2D eigenvalue weighted by Crippen LogP contribution is 2.21. The third-order valence-electron chi connectivity index (χ3n) is 4.91. The molecule has 2 aromatic rings. The second kappa shape index (κ2) is 7.95. The van der Waals surface area contributed by atoms with Crippen LogP contribution in [0.25, 0.3) is 5.69 Å². The molecule has 1 amide bonds. The van der Waals surface area contributed by atoms with Gasteiger partial charge in [0.2, 0.25) is 5.82 Å². The van der Waals surface area contributed by atoms with Crippen LogP contribution in [0.3, 0.4) is 0 Å². The first-order valence-electron chi connectivity index (χ1n) is 9.27. The highest BCUT2D eigenvalue weighted by atomic mass is 19.1. The Balaban J connectivity index is 1.90. The minimum Gasteiger partial charge on any atom is -0.336 e. The molecule has 2 heterocycles. The Kier molecular flexibility index (Phi) is 5.66. The predicted molar refractivity (Wildman–Crippen MR) is 97.6 cm³/mol. The second-order valence-electron chi connectivity index (χ2n) is 6.98. The largest absolute Gasteiger partial charge is 0.336 e. The molecule has 1 aliphatic heterocycles. The fourth-order valence-corrected chi connectivity index (χ4v) is 3.40. The maximum Gasteiger partial charge on any atom is 0.293 e. The number of nitrogens with two attached hydrogens (primary N) is 1. The van der Waals surface area contributed by atoms with Gasteiger partial charge < -0.3 is 10.6 Å². The second-order valence-corrected chi connectivity index (χ2v) is 6.98. The summed E-state index contributed by atoms with van der Waals surface area (Å²) in [5, 5.41) is 4.35. The number of carbonyl (C=O) groups is 1. The highest BCUT2D eigenvalue weighted by molar-refractivity contribution is 5.90. The summed E-state index contributed by atoms with van der Waals surface area (Å²) in [7, 11) is 0. The third-order valence-corrected chi connectivity index (χ3v) is 4.91. The number of nitrogens with zero attached hydrogens (tertiary/aromatic N) is 4. The molecular weight excluding hydrogens is 333 g/mol. The van der Waals surface area contributed by atoms with Gasteiger partial charge in [-0.15, -0.1) is 5.10 Å². The first-order valence-corrected chi connectivity index (χ1v) is 9.27. The van der Waals surface area contributed by atoms with E-state index in [1.165, 1.54) is 10.7 Å². The number of benzene rings is 1. The van der Waals surface area contributed by atoms with Crippen LogP contribution < -0.4 is 5.73 Å². The van der Waals surface area contributed by atoms with E-state index in [1.54, 1.807) is 23.1 Å². The van der Waals surface area contributed by atoms with E-state index < -0.39 is 0 Å². The summed E-state index contributed by atoms with van der Waals surface area (Å²) in [6.07, 6.45) is 3.40. The van der Waals surface area contributed by atoms with Crippen molar-refractivity contribution in [2.24, 2.45) is 11.7 Å². The van der Waals surface area contributed by atoms with Gasteiger partial charge in [0, 0.05) is 25.6 Å². The van der Waals surface area contributed by atoms with E-state index in [-0.39, 0.29) is 29.5 Å². The quantitative estimate of drug-likeness (QED) is 0.890. The average Bonchev–Trinajstić information content (AvgIpc) is 3.05. The van der Waals surface area contributed by atoms with Crippen molar-refractivity contribution in [3.8, 4) is 5.69 Å². The number of hydrogen-bond acceptors (Lipinski definition) is 4. The standard InChI is InChI=1S/C19H26FN5O/c1-3-7-17-22-18(23-25(17)16-10-5-4-9-15(16)20)19(26)24-11-6-8-14(12-24)13(2)21/h4-5,9-10,13-14H,3,6-8,11-12,21H2,1-2H3/t13-,14-/m0/s1. The zero-order valence-electron chi connectivity index (χ0n) is 15.4. The first kappa shape index (κ1) is 18.5. The summed E-state index contributed by atoms with van der Waals surface area (Å²) < 4.78 is 15.7. The van der Waals surface area contributed by atoms with Gasteiger partial charge in [-0.25, -0.2) is 14.1 Å². The lowest BCUT2D eigenvalue weighted by Gasteiger charge is -2.33. The predicted octanol–water partition coefficient (Wildman–Crippen LogP) is 2.56. The molecule has 3 rings (SSSR count). The Morgan fingerprint density at radius 2 is 2.19 bits per heavy atom. The fraction of sp³-hybridized carbons (Fsp3) is 0.526. The van der Waals surface area contributed by atoms with Crippen molar-refractivity contribution < 1.29 is 9.18 Å². The summed E-state index contributed by atoms with van der Waals surface area (Å²) in [6, 6.07) is 6.44. The molecule has 0 radical (unpaired) electrons. The molecule has 7 heteroatoms. The molecule has 140 valence electrons. The molecule has 2 N–H and O–H groups in total. The number of aryl methyl sites for hydroxylation is 1. The molecule has 0 saturated carbocycles. The van der Waals surface area contributed by atoms with Crippen molar-refractivity contribution >= 4 is 5.91 Å². The average molecular weight is 359 g/mol. The molecule has 1 aliphatic rings. The number of carbonyl (C=O) groups excluding carboxylic acids is 1. The molecule has 2 atom stereocenters. The van der Waals surface area contributed by atoms with Crippen LogP contribution in [0.15, 0.2) is 24.3 Å². The lowest BCUT2D eigenvalue weighted by molar-refractivity contribution is 0.0648. The molecule has 1 aromatic heterocycles. The van der Waals surface area contributed by atoms with Crippen LogP contribution in [-0.4, -0.2) is 44.7 Å². The zero-order valence-corrected chi connectivity index (χ0v) is 15.4. The Hall–Kier alpha value is -2.28. The number of likely N-dealkylation sites (tertiary alicyclic amines) is 1. The number of para-hydroxylation sites is 1. The number of aromatic nitrogens is 3. The highest BCUT2D eigenvalue weighted by Gasteiger charge is 2.29. The van der Waals surface area contributed by atoms with E-state index in [0.717, 1.165) is 19.3 Å².